The fourth-order valence-electron chi connectivity index (χ4n) is 2.04. The molecule has 1 aromatic carbocycles. The van der Waals surface area contributed by atoms with Crippen molar-refractivity contribution < 1.29 is 22.7 Å². The molecule has 0 spiro atoms. The average molecular weight is 325 g/mol. The van der Waals surface area contributed by atoms with Gasteiger partial charge in [-0.1, -0.05) is 6.07 Å². The number of hydrogen-bond donors (Lipinski definition) is 1. The predicted molar refractivity (Wildman–Crippen MR) is 76.3 cm³/mol. The first-order valence-corrected chi connectivity index (χ1v) is 8.40. The van der Waals surface area contributed by atoms with Gasteiger partial charge in [0.05, 0.1) is 4.88 Å². The van der Waals surface area contributed by atoms with Crippen molar-refractivity contribution in [1.29, 1.82) is 0 Å². The van der Waals surface area contributed by atoms with E-state index in [1.807, 2.05) is 0 Å². The number of rotatable bonds is 4. The second-order valence-electron chi connectivity index (χ2n) is 4.45. The molecule has 0 saturated carbocycles. The number of ketones is 1. The van der Waals surface area contributed by atoms with Crippen molar-refractivity contribution in [3.05, 3.63) is 40.1 Å². The van der Waals surface area contributed by atoms with E-state index in [0.29, 0.717) is 11.5 Å². The fraction of sp³-hybridized carbons (Fsp3) is 0.154. The number of thiophene rings is 1. The number of hydrogen-bond acceptors (Lipinski definition) is 6. The van der Waals surface area contributed by atoms with Gasteiger partial charge in [-0.3, -0.25) is 4.79 Å². The third-order valence-corrected chi connectivity index (χ3v) is 5.03. The van der Waals surface area contributed by atoms with Gasteiger partial charge >= 0.3 is 0 Å². The lowest BCUT2D eigenvalue weighted by Gasteiger charge is -2.03. The van der Waals surface area contributed by atoms with E-state index in [-0.39, 0.29) is 28.8 Å². The SMILES string of the molecule is NS(=O)(=O)c1ccsc1C(=O)Cc1ccc2c(c1)OCO2. The molecule has 0 radical (unpaired) electrons. The molecule has 2 aromatic rings. The monoisotopic (exact) mass is 325 g/mol. The highest BCUT2D eigenvalue weighted by Crippen LogP contribution is 2.33. The molecule has 1 aliphatic heterocycles. The van der Waals surface area contributed by atoms with Crippen LogP contribution in [0.1, 0.15) is 15.2 Å². The molecule has 0 amide bonds. The third kappa shape index (κ3) is 2.78. The number of benzene rings is 1. The van der Waals surface area contributed by atoms with Crippen LogP contribution in [0.15, 0.2) is 34.5 Å². The molecule has 1 aliphatic rings. The molecular weight excluding hydrogens is 314 g/mol. The van der Waals surface area contributed by atoms with Gasteiger partial charge in [-0.2, -0.15) is 0 Å². The summed E-state index contributed by atoms with van der Waals surface area (Å²) in [5.74, 6) is 0.915. The Morgan fingerprint density at radius 2 is 2.00 bits per heavy atom. The number of carbonyl (C=O) groups is 1. The first-order valence-electron chi connectivity index (χ1n) is 5.97. The Morgan fingerprint density at radius 1 is 1.24 bits per heavy atom. The van der Waals surface area contributed by atoms with Crippen LogP contribution in [0.3, 0.4) is 0 Å². The van der Waals surface area contributed by atoms with Gasteiger partial charge in [0.2, 0.25) is 16.8 Å². The van der Waals surface area contributed by atoms with Crippen molar-refractivity contribution in [2.24, 2.45) is 5.14 Å². The molecule has 0 unspecified atom stereocenters. The minimum Gasteiger partial charge on any atom is -0.454 e. The highest BCUT2D eigenvalue weighted by molar-refractivity contribution is 7.89. The van der Waals surface area contributed by atoms with Crippen molar-refractivity contribution in [1.82, 2.24) is 0 Å². The van der Waals surface area contributed by atoms with Crippen molar-refractivity contribution in [3.8, 4) is 11.5 Å². The largest absolute Gasteiger partial charge is 0.454 e. The van der Waals surface area contributed by atoms with Crippen LogP contribution in [0.2, 0.25) is 0 Å². The summed E-state index contributed by atoms with van der Waals surface area (Å²) in [5.41, 5.74) is 0.720. The van der Waals surface area contributed by atoms with Gasteiger partial charge in [-0.05, 0) is 29.1 Å². The number of nitrogens with two attached hydrogens (primary N) is 1. The Balaban J connectivity index is 1.86. The number of primary sulfonamides is 1. The summed E-state index contributed by atoms with van der Waals surface area (Å²) in [6.07, 6.45) is 0.0691. The van der Waals surface area contributed by atoms with Crippen molar-refractivity contribution in [2.75, 3.05) is 6.79 Å². The van der Waals surface area contributed by atoms with Gasteiger partial charge in [0, 0.05) is 6.42 Å². The summed E-state index contributed by atoms with van der Waals surface area (Å²) >= 11 is 1.06. The third-order valence-electron chi connectivity index (χ3n) is 2.99. The Labute approximate surface area is 125 Å². The lowest BCUT2D eigenvalue weighted by molar-refractivity contribution is 0.0994. The van der Waals surface area contributed by atoms with Crippen molar-refractivity contribution in [3.63, 3.8) is 0 Å². The predicted octanol–water partition coefficient (Wildman–Crippen LogP) is 1.55. The van der Waals surface area contributed by atoms with Gasteiger partial charge in [-0.15, -0.1) is 11.3 Å². The summed E-state index contributed by atoms with van der Waals surface area (Å²) in [6.45, 7) is 0.160. The number of ether oxygens (including phenoxy) is 2. The molecule has 0 fully saturated rings. The van der Waals surface area contributed by atoms with Crippen LogP contribution in [-0.4, -0.2) is 21.0 Å². The Morgan fingerprint density at radius 3 is 2.76 bits per heavy atom. The second kappa shape index (κ2) is 5.14. The maximum absolute atomic E-state index is 12.3. The van der Waals surface area contributed by atoms with Crippen LogP contribution in [0.25, 0.3) is 0 Å². The number of Topliss-reactive ketones (excluding diaryl/α,β-unsaturated/α-hetero) is 1. The van der Waals surface area contributed by atoms with Gasteiger partial charge in [0.1, 0.15) is 4.90 Å². The summed E-state index contributed by atoms with van der Waals surface area (Å²) in [4.78, 5) is 12.3. The van der Waals surface area contributed by atoms with Crippen LogP contribution in [0.5, 0.6) is 11.5 Å². The zero-order valence-electron chi connectivity index (χ0n) is 10.7. The summed E-state index contributed by atoms with van der Waals surface area (Å²) < 4.78 is 33.3. The minimum atomic E-state index is -3.89. The van der Waals surface area contributed by atoms with E-state index in [1.54, 1.807) is 18.2 Å². The first-order chi connectivity index (χ1) is 9.95. The van der Waals surface area contributed by atoms with Crippen LogP contribution in [-0.2, 0) is 16.4 Å². The van der Waals surface area contributed by atoms with Gasteiger partial charge in [0.15, 0.2) is 17.3 Å². The molecule has 8 heteroatoms. The normalized spacial score (nSPS) is 13.4. The van der Waals surface area contributed by atoms with Crippen LogP contribution < -0.4 is 14.6 Å². The molecule has 0 bridgehead atoms. The fourth-order valence-corrected chi connectivity index (χ4v) is 3.98. The first kappa shape index (κ1) is 14.1. The summed E-state index contributed by atoms with van der Waals surface area (Å²) in [6, 6.07) is 6.52. The van der Waals surface area contributed by atoms with E-state index < -0.39 is 10.0 Å². The topological polar surface area (TPSA) is 95.7 Å². The standard InChI is InChI=1S/C13H11NO5S2/c14-21(16,17)12-3-4-20-13(12)9(15)5-8-1-2-10-11(6-8)19-7-18-10/h1-4,6H,5,7H2,(H2,14,16,17). The molecule has 1 aromatic heterocycles. The molecule has 3 rings (SSSR count). The van der Waals surface area contributed by atoms with Crippen LogP contribution in [0, 0.1) is 0 Å². The van der Waals surface area contributed by atoms with Crippen molar-refractivity contribution >= 4 is 27.1 Å². The summed E-state index contributed by atoms with van der Waals surface area (Å²) in [7, 11) is -3.89. The van der Waals surface area contributed by atoms with E-state index >= 15 is 0 Å². The van der Waals surface area contributed by atoms with E-state index in [0.717, 1.165) is 16.9 Å². The zero-order valence-corrected chi connectivity index (χ0v) is 12.4. The highest BCUT2D eigenvalue weighted by Gasteiger charge is 2.22. The smallest absolute Gasteiger partial charge is 0.239 e. The molecule has 2 N–H and O–H groups in total. The number of fused-ring (bicyclic) bond motifs is 1. The molecule has 0 atom stereocenters. The van der Waals surface area contributed by atoms with E-state index in [2.05, 4.69) is 0 Å². The molecular formula is C13H11NO5S2. The van der Waals surface area contributed by atoms with Crippen molar-refractivity contribution in [2.45, 2.75) is 11.3 Å². The molecule has 2 heterocycles. The lowest BCUT2D eigenvalue weighted by atomic mass is 10.1. The van der Waals surface area contributed by atoms with Gasteiger partial charge < -0.3 is 9.47 Å². The zero-order chi connectivity index (χ0) is 15.0. The lowest BCUT2D eigenvalue weighted by Crippen LogP contribution is -2.15. The second-order valence-corrected chi connectivity index (χ2v) is 6.89. The maximum atomic E-state index is 12.3. The molecule has 110 valence electrons. The van der Waals surface area contributed by atoms with E-state index in [1.165, 1.54) is 11.4 Å². The number of sulfonamides is 1. The molecule has 0 saturated heterocycles. The Hall–Kier alpha value is -1.90. The van der Waals surface area contributed by atoms with Crippen LogP contribution >= 0.6 is 11.3 Å². The average Bonchev–Trinajstić information content (AvgIpc) is 3.06. The minimum absolute atomic E-state index is 0.0691. The molecule has 0 aliphatic carbocycles. The number of carbonyl (C=O) groups excluding carboxylic acids is 1. The van der Waals surface area contributed by atoms with Gasteiger partial charge in [-0.25, -0.2) is 13.6 Å². The Bertz CT molecular complexity index is 810. The molecule has 21 heavy (non-hydrogen) atoms. The Kier molecular flexibility index (Phi) is 3.44. The van der Waals surface area contributed by atoms with E-state index in [9.17, 15) is 13.2 Å². The maximum Gasteiger partial charge on any atom is 0.239 e. The van der Waals surface area contributed by atoms with E-state index in [4.69, 9.17) is 14.6 Å². The van der Waals surface area contributed by atoms with Gasteiger partial charge in [0.25, 0.3) is 0 Å². The molecule has 6 nitrogen and oxygen atoms in total. The highest BCUT2D eigenvalue weighted by atomic mass is 32.2. The quantitative estimate of drug-likeness (QED) is 0.860. The summed E-state index contributed by atoms with van der Waals surface area (Å²) in [5, 5.41) is 6.63. The van der Waals surface area contributed by atoms with Crippen LogP contribution in [0.4, 0.5) is 0 Å².